The zero-order valence-corrected chi connectivity index (χ0v) is 9.31. The lowest BCUT2D eigenvalue weighted by molar-refractivity contribution is 0.563. The molecule has 0 bridgehead atoms. The fraction of sp³-hybridized carbons (Fsp3) is 0.300. The van der Waals surface area contributed by atoms with Gasteiger partial charge in [-0.3, -0.25) is 4.98 Å². The molecule has 0 amide bonds. The summed E-state index contributed by atoms with van der Waals surface area (Å²) in [6.07, 6.45) is 2.26. The summed E-state index contributed by atoms with van der Waals surface area (Å²) in [5, 5.41) is 0. The van der Waals surface area contributed by atoms with Crippen LogP contribution >= 0.6 is 11.3 Å². The first-order valence-corrected chi connectivity index (χ1v) is 5.52. The standard InChI is InChI=1S/C10H10FN3S/c1-3-7-6(2)13-10(14-9(7)11)8-4-12-5-15-8/h4-5H,3H2,1-2H3. The number of aromatic nitrogens is 3. The van der Waals surface area contributed by atoms with Gasteiger partial charge in [0.05, 0.1) is 10.4 Å². The average molecular weight is 223 g/mol. The molecule has 5 heteroatoms. The van der Waals surface area contributed by atoms with Gasteiger partial charge >= 0.3 is 0 Å². The molecule has 0 saturated heterocycles. The van der Waals surface area contributed by atoms with Crippen LogP contribution in [-0.4, -0.2) is 15.0 Å². The van der Waals surface area contributed by atoms with E-state index < -0.39 is 5.95 Å². The van der Waals surface area contributed by atoms with E-state index in [0.29, 0.717) is 23.5 Å². The predicted molar refractivity (Wildman–Crippen MR) is 57.2 cm³/mol. The Morgan fingerprint density at radius 1 is 1.40 bits per heavy atom. The first kappa shape index (κ1) is 10.2. The van der Waals surface area contributed by atoms with Crippen LogP contribution < -0.4 is 0 Å². The molecule has 0 spiro atoms. The van der Waals surface area contributed by atoms with Gasteiger partial charge < -0.3 is 0 Å². The molecule has 2 heterocycles. The Hall–Kier alpha value is -1.36. The van der Waals surface area contributed by atoms with Crippen LogP contribution in [0.1, 0.15) is 18.2 Å². The van der Waals surface area contributed by atoms with E-state index in [0.717, 1.165) is 4.88 Å². The predicted octanol–water partition coefficient (Wildman–Crippen LogP) is 2.61. The summed E-state index contributed by atoms with van der Waals surface area (Å²) in [5.74, 6) is -0.00176. The lowest BCUT2D eigenvalue weighted by atomic mass is 10.2. The Balaban J connectivity index is 2.53. The van der Waals surface area contributed by atoms with Crippen LogP contribution in [0.3, 0.4) is 0 Å². The second-order valence-electron chi connectivity index (χ2n) is 3.12. The normalized spacial score (nSPS) is 10.6. The highest BCUT2D eigenvalue weighted by atomic mass is 32.1. The zero-order chi connectivity index (χ0) is 10.8. The Bertz CT molecular complexity index is 445. The molecular formula is C10H10FN3S. The second kappa shape index (κ2) is 4.02. The van der Waals surface area contributed by atoms with Gasteiger partial charge in [0.15, 0.2) is 5.82 Å². The third-order valence-electron chi connectivity index (χ3n) is 2.17. The number of rotatable bonds is 2. The van der Waals surface area contributed by atoms with E-state index in [4.69, 9.17) is 0 Å². The summed E-state index contributed by atoms with van der Waals surface area (Å²) >= 11 is 1.40. The number of hydrogen-bond acceptors (Lipinski definition) is 4. The highest BCUT2D eigenvalue weighted by molar-refractivity contribution is 7.13. The van der Waals surface area contributed by atoms with Gasteiger partial charge in [-0.1, -0.05) is 6.92 Å². The number of thiazole rings is 1. The molecule has 0 unspecified atom stereocenters. The van der Waals surface area contributed by atoms with Gasteiger partial charge in [0.2, 0.25) is 5.95 Å². The molecule has 2 rings (SSSR count). The molecule has 0 saturated carbocycles. The monoisotopic (exact) mass is 223 g/mol. The van der Waals surface area contributed by atoms with Crippen LogP contribution in [0.5, 0.6) is 0 Å². The van der Waals surface area contributed by atoms with Crippen molar-refractivity contribution >= 4 is 11.3 Å². The molecule has 2 aromatic heterocycles. The molecule has 15 heavy (non-hydrogen) atoms. The van der Waals surface area contributed by atoms with Crippen LogP contribution in [0, 0.1) is 12.9 Å². The summed E-state index contributed by atoms with van der Waals surface area (Å²) in [4.78, 5) is 12.8. The molecule has 0 N–H and O–H groups in total. The van der Waals surface area contributed by atoms with E-state index in [2.05, 4.69) is 15.0 Å². The van der Waals surface area contributed by atoms with E-state index in [1.165, 1.54) is 11.3 Å². The molecule has 0 atom stereocenters. The van der Waals surface area contributed by atoms with Gasteiger partial charge in [-0.15, -0.1) is 11.3 Å². The summed E-state index contributed by atoms with van der Waals surface area (Å²) < 4.78 is 13.5. The first-order valence-electron chi connectivity index (χ1n) is 4.64. The lowest BCUT2D eigenvalue weighted by Gasteiger charge is -2.04. The van der Waals surface area contributed by atoms with Crippen LogP contribution in [0.2, 0.25) is 0 Å². The van der Waals surface area contributed by atoms with Crippen LogP contribution in [0.4, 0.5) is 4.39 Å². The van der Waals surface area contributed by atoms with Crippen molar-refractivity contribution in [2.75, 3.05) is 0 Å². The van der Waals surface area contributed by atoms with Crippen molar-refractivity contribution in [3.05, 3.63) is 28.9 Å². The summed E-state index contributed by atoms with van der Waals surface area (Å²) in [7, 11) is 0. The highest BCUT2D eigenvalue weighted by Gasteiger charge is 2.11. The number of hydrogen-bond donors (Lipinski definition) is 0. The molecule has 0 aliphatic rings. The fourth-order valence-electron chi connectivity index (χ4n) is 1.40. The maximum Gasteiger partial charge on any atom is 0.219 e. The third kappa shape index (κ3) is 1.87. The van der Waals surface area contributed by atoms with E-state index in [9.17, 15) is 4.39 Å². The van der Waals surface area contributed by atoms with E-state index in [1.807, 2.05) is 6.92 Å². The van der Waals surface area contributed by atoms with E-state index in [-0.39, 0.29) is 0 Å². The van der Waals surface area contributed by atoms with Gasteiger partial charge in [0, 0.05) is 17.5 Å². The van der Waals surface area contributed by atoms with Crippen molar-refractivity contribution in [2.45, 2.75) is 20.3 Å². The van der Waals surface area contributed by atoms with Gasteiger partial charge in [-0.25, -0.2) is 4.98 Å². The van der Waals surface area contributed by atoms with Crippen molar-refractivity contribution in [3.63, 3.8) is 0 Å². The van der Waals surface area contributed by atoms with Crippen molar-refractivity contribution in [2.24, 2.45) is 0 Å². The maximum atomic E-state index is 13.5. The topological polar surface area (TPSA) is 38.7 Å². The van der Waals surface area contributed by atoms with Gasteiger partial charge in [0.1, 0.15) is 0 Å². The Morgan fingerprint density at radius 2 is 2.20 bits per heavy atom. The lowest BCUT2D eigenvalue weighted by Crippen LogP contribution is -2.01. The second-order valence-corrected chi connectivity index (χ2v) is 4.01. The number of nitrogens with zero attached hydrogens (tertiary/aromatic N) is 3. The molecule has 0 fully saturated rings. The summed E-state index contributed by atoms with van der Waals surface area (Å²) in [5.41, 5.74) is 2.97. The first-order chi connectivity index (χ1) is 7.22. The fourth-order valence-corrected chi connectivity index (χ4v) is 1.95. The summed E-state index contributed by atoms with van der Waals surface area (Å²) in [6.45, 7) is 3.69. The molecule has 0 aromatic carbocycles. The molecule has 0 radical (unpaired) electrons. The molecule has 0 aliphatic carbocycles. The smallest absolute Gasteiger partial charge is 0.219 e. The Kier molecular flexibility index (Phi) is 2.73. The number of halogens is 1. The Labute approximate surface area is 91.0 Å². The van der Waals surface area contributed by atoms with Crippen LogP contribution in [0.25, 0.3) is 10.7 Å². The van der Waals surface area contributed by atoms with Crippen molar-refractivity contribution < 1.29 is 4.39 Å². The number of aryl methyl sites for hydroxylation is 1. The van der Waals surface area contributed by atoms with Crippen molar-refractivity contribution in [1.82, 2.24) is 15.0 Å². The SMILES string of the molecule is CCc1c(C)nc(-c2cncs2)nc1F. The zero-order valence-electron chi connectivity index (χ0n) is 8.49. The molecule has 3 nitrogen and oxygen atoms in total. The minimum absolute atomic E-state index is 0.421. The van der Waals surface area contributed by atoms with Gasteiger partial charge in [0.25, 0.3) is 0 Å². The van der Waals surface area contributed by atoms with Crippen molar-refractivity contribution in [3.8, 4) is 10.7 Å². The molecular weight excluding hydrogens is 213 g/mol. The average Bonchev–Trinajstić information content (AvgIpc) is 2.69. The maximum absolute atomic E-state index is 13.5. The minimum Gasteiger partial charge on any atom is -0.252 e. The molecule has 0 aliphatic heterocycles. The Morgan fingerprint density at radius 3 is 2.73 bits per heavy atom. The third-order valence-corrected chi connectivity index (χ3v) is 2.94. The van der Waals surface area contributed by atoms with Crippen molar-refractivity contribution in [1.29, 1.82) is 0 Å². The summed E-state index contributed by atoms with van der Waals surface area (Å²) in [6, 6.07) is 0. The largest absolute Gasteiger partial charge is 0.252 e. The van der Waals surface area contributed by atoms with Crippen LogP contribution in [-0.2, 0) is 6.42 Å². The van der Waals surface area contributed by atoms with Gasteiger partial charge in [-0.05, 0) is 13.3 Å². The van der Waals surface area contributed by atoms with E-state index >= 15 is 0 Å². The van der Waals surface area contributed by atoms with Crippen LogP contribution in [0.15, 0.2) is 11.7 Å². The highest BCUT2D eigenvalue weighted by Crippen LogP contribution is 2.21. The van der Waals surface area contributed by atoms with E-state index in [1.54, 1.807) is 18.6 Å². The molecule has 2 aromatic rings. The minimum atomic E-state index is -0.423. The molecule has 78 valence electrons. The quantitative estimate of drug-likeness (QED) is 0.734. The van der Waals surface area contributed by atoms with Gasteiger partial charge in [-0.2, -0.15) is 9.37 Å².